The normalized spacial score (nSPS) is 11.6. The lowest BCUT2D eigenvalue weighted by Gasteiger charge is -2.07. The van der Waals surface area contributed by atoms with Crippen molar-refractivity contribution in [1.82, 2.24) is 9.97 Å². The van der Waals surface area contributed by atoms with Crippen molar-refractivity contribution in [3.63, 3.8) is 0 Å². The molecule has 4 N–H and O–H groups in total. The van der Waals surface area contributed by atoms with E-state index in [0.29, 0.717) is 30.4 Å². The number of fused-ring (bicyclic) bond motifs is 3. The van der Waals surface area contributed by atoms with E-state index in [1.165, 1.54) is 18.4 Å². The largest absolute Gasteiger partial charge is 0.437 e. The van der Waals surface area contributed by atoms with Crippen LogP contribution < -0.4 is 11.5 Å². The number of oxazole rings is 1. The molecule has 0 amide bonds. The van der Waals surface area contributed by atoms with Gasteiger partial charge in [0.2, 0.25) is 5.89 Å². The Hall–Kier alpha value is -2.18. The molecule has 2 aromatic heterocycles. The Morgan fingerprint density at radius 2 is 1.96 bits per heavy atom. The van der Waals surface area contributed by atoms with Gasteiger partial charge in [-0.3, -0.25) is 0 Å². The molecule has 0 aliphatic heterocycles. The van der Waals surface area contributed by atoms with Crippen LogP contribution in [0.4, 0.5) is 5.82 Å². The zero-order chi connectivity index (χ0) is 17.6. The minimum absolute atomic E-state index is 0.341. The van der Waals surface area contributed by atoms with Crippen molar-refractivity contribution >= 4 is 27.8 Å². The second kappa shape index (κ2) is 8.27. The van der Waals surface area contributed by atoms with Crippen molar-refractivity contribution in [1.29, 1.82) is 0 Å². The molecule has 0 bridgehead atoms. The Kier molecular flexibility index (Phi) is 5.83. The standard InChI is InChI=1S/C19H26N4O2/c1-2-24-12-15-23-17-18(25-15)16-13(8-5-3-4-6-11-20)9-7-10-14(16)22-19(17)21/h7,9-10H,2-6,8,11-12,20H2,1H3,(H2,21,22). The van der Waals surface area contributed by atoms with Gasteiger partial charge in [0.05, 0.1) is 5.52 Å². The number of benzene rings is 1. The van der Waals surface area contributed by atoms with Crippen LogP contribution in [0.1, 0.15) is 44.1 Å². The van der Waals surface area contributed by atoms with E-state index in [4.69, 9.17) is 20.6 Å². The first kappa shape index (κ1) is 17.6. The van der Waals surface area contributed by atoms with E-state index in [9.17, 15) is 0 Å². The third-order valence-electron chi connectivity index (χ3n) is 4.34. The summed E-state index contributed by atoms with van der Waals surface area (Å²) in [6.07, 6.45) is 5.52. The van der Waals surface area contributed by atoms with Crippen molar-refractivity contribution in [2.75, 3.05) is 18.9 Å². The fourth-order valence-corrected chi connectivity index (χ4v) is 3.10. The molecule has 0 radical (unpaired) electrons. The molecule has 25 heavy (non-hydrogen) atoms. The number of anilines is 1. The molecule has 6 nitrogen and oxygen atoms in total. The first-order valence-electron chi connectivity index (χ1n) is 8.99. The van der Waals surface area contributed by atoms with Gasteiger partial charge in [0.25, 0.3) is 0 Å². The van der Waals surface area contributed by atoms with Crippen LogP contribution in [0.2, 0.25) is 0 Å². The van der Waals surface area contributed by atoms with Crippen LogP contribution in [-0.2, 0) is 17.8 Å². The number of nitrogens with two attached hydrogens (primary N) is 2. The van der Waals surface area contributed by atoms with E-state index in [0.717, 1.165) is 42.3 Å². The Labute approximate surface area is 147 Å². The highest BCUT2D eigenvalue weighted by atomic mass is 16.5. The number of nitrogens with zero attached hydrogens (tertiary/aromatic N) is 2. The molecule has 0 aliphatic carbocycles. The molecule has 3 rings (SSSR count). The van der Waals surface area contributed by atoms with E-state index in [1.54, 1.807) is 0 Å². The lowest BCUT2D eigenvalue weighted by Crippen LogP contribution is -1.98. The number of aromatic nitrogens is 2. The average Bonchev–Trinajstić information content (AvgIpc) is 3.04. The van der Waals surface area contributed by atoms with Crippen LogP contribution in [0.5, 0.6) is 0 Å². The molecule has 3 aromatic rings. The first-order chi connectivity index (χ1) is 12.2. The van der Waals surface area contributed by atoms with Gasteiger partial charge in [0.15, 0.2) is 16.9 Å². The number of rotatable bonds is 9. The fraction of sp³-hybridized carbons (Fsp3) is 0.474. The predicted octanol–water partition coefficient (Wildman–Crippen LogP) is 3.56. The maximum absolute atomic E-state index is 6.08. The lowest BCUT2D eigenvalue weighted by molar-refractivity contribution is 0.116. The molecule has 1 aromatic carbocycles. The second-order valence-corrected chi connectivity index (χ2v) is 6.18. The summed E-state index contributed by atoms with van der Waals surface area (Å²) < 4.78 is 11.4. The van der Waals surface area contributed by atoms with Gasteiger partial charge in [-0.2, -0.15) is 0 Å². The molecule has 0 fully saturated rings. The monoisotopic (exact) mass is 342 g/mol. The molecule has 2 heterocycles. The van der Waals surface area contributed by atoms with Crippen molar-refractivity contribution in [2.45, 2.75) is 45.6 Å². The summed E-state index contributed by atoms with van der Waals surface area (Å²) in [4.78, 5) is 8.98. The molecule has 134 valence electrons. The van der Waals surface area contributed by atoms with E-state index >= 15 is 0 Å². The van der Waals surface area contributed by atoms with Crippen LogP contribution >= 0.6 is 0 Å². The molecular weight excluding hydrogens is 316 g/mol. The third kappa shape index (κ3) is 3.91. The van der Waals surface area contributed by atoms with Gasteiger partial charge in [-0.15, -0.1) is 0 Å². The molecule has 0 unspecified atom stereocenters. The highest BCUT2D eigenvalue weighted by Gasteiger charge is 2.16. The SMILES string of the molecule is CCOCc1nc2c(N)nc3cccc(CCCCCCN)c3c2o1. The van der Waals surface area contributed by atoms with E-state index in [-0.39, 0.29) is 0 Å². The van der Waals surface area contributed by atoms with Gasteiger partial charge in [-0.1, -0.05) is 25.0 Å². The van der Waals surface area contributed by atoms with Crippen LogP contribution in [0, 0.1) is 0 Å². The maximum Gasteiger partial charge on any atom is 0.221 e. The second-order valence-electron chi connectivity index (χ2n) is 6.18. The zero-order valence-electron chi connectivity index (χ0n) is 14.8. The van der Waals surface area contributed by atoms with Gasteiger partial charge in [-0.25, -0.2) is 9.97 Å². The zero-order valence-corrected chi connectivity index (χ0v) is 14.8. The molecule has 6 heteroatoms. The number of unbranched alkanes of at least 4 members (excludes halogenated alkanes) is 3. The highest BCUT2D eigenvalue weighted by Crippen LogP contribution is 2.31. The minimum Gasteiger partial charge on any atom is -0.437 e. The van der Waals surface area contributed by atoms with E-state index < -0.39 is 0 Å². The molecule has 0 saturated carbocycles. The Morgan fingerprint density at radius 1 is 1.12 bits per heavy atom. The summed E-state index contributed by atoms with van der Waals surface area (Å²) in [6, 6.07) is 6.12. The Balaban J connectivity index is 1.95. The topological polar surface area (TPSA) is 100 Å². The number of pyridine rings is 1. The van der Waals surface area contributed by atoms with Gasteiger partial charge in [0, 0.05) is 12.0 Å². The fourth-order valence-electron chi connectivity index (χ4n) is 3.10. The quantitative estimate of drug-likeness (QED) is 0.577. The van der Waals surface area contributed by atoms with Crippen LogP contribution in [0.15, 0.2) is 22.6 Å². The van der Waals surface area contributed by atoms with E-state index in [1.807, 2.05) is 19.1 Å². The van der Waals surface area contributed by atoms with Crippen LogP contribution in [-0.4, -0.2) is 23.1 Å². The van der Waals surface area contributed by atoms with E-state index in [2.05, 4.69) is 16.0 Å². The summed E-state index contributed by atoms with van der Waals surface area (Å²) in [5.74, 6) is 0.935. The molecule has 0 atom stereocenters. The van der Waals surface area contributed by atoms with Crippen molar-refractivity contribution in [2.24, 2.45) is 5.73 Å². The molecule has 0 aliphatic rings. The number of nitrogen functional groups attached to an aromatic ring is 1. The highest BCUT2D eigenvalue weighted by molar-refractivity contribution is 6.06. The predicted molar refractivity (Wildman–Crippen MR) is 100 cm³/mol. The average molecular weight is 342 g/mol. The van der Waals surface area contributed by atoms with Gasteiger partial charge < -0.3 is 20.6 Å². The van der Waals surface area contributed by atoms with Crippen molar-refractivity contribution in [3.8, 4) is 0 Å². The molecule has 0 spiro atoms. The summed E-state index contributed by atoms with van der Waals surface area (Å²) >= 11 is 0. The Bertz CT molecular complexity index is 844. The summed E-state index contributed by atoms with van der Waals surface area (Å²) in [7, 11) is 0. The smallest absolute Gasteiger partial charge is 0.221 e. The number of aryl methyl sites for hydroxylation is 1. The third-order valence-corrected chi connectivity index (χ3v) is 4.34. The number of ether oxygens (including phenoxy) is 1. The molecular formula is C19H26N4O2. The number of hydrogen-bond donors (Lipinski definition) is 2. The molecule has 0 saturated heterocycles. The van der Waals surface area contributed by atoms with Crippen LogP contribution in [0.3, 0.4) is 0 Å². The lowest BCUT2D eigenvalue weighted by atomic mass is 10.0. The van der Waals surface area contributed by atoms with Gasteiger partial charge >= 0.3 is 0 Å². The van der Waals surface area contributed by atoms with Crippen molar-refractivity contribution in [3.05, 3.63) is 29.7 Å². The van der Waals surface area contributed by atoms with Gasteiger partial charge in [0.1, 0.15) is 6.61 Å². The van der Waals surface area contributed by atoms with Crippen LogP contribution in [0.25, 0.3) is 22.0 Å². The summed E-state index contributed by atoms with van der Waals surface area (Å²) in [5, 5.41) is 1.01. The summed E-state index contributed by atoms with van der Waals surface area (Å²) in [6.45, 7) is 3.66. The summed E-state index contributed by atoms with van der Waals surface area (Å²) in [5.41, 5.74) is 15.1. The maximum atomic E-state index is 6.08. The number of hydrogen-bond acceptors (Lipinski definition) is 6. The minimum atomic E-state index is 0.341. The van der Waals surface area contributed by atoms with Gasteiger partial charge in [-0.05, 0) is 44.4 Å². The van der Waals surface area contributed by atoms with Crippen molar-refractivity contribution < 1.29 is 9.15 Å². The Morgan fingerprint density at radius 3 is 2.76 bits per heavy atom. The first-order valence-corrected chi connectivity index (χ1v) is 8.99.